The summed E-state index contributed by atoms with van der Waals surface area (Å²) in [5, 5.41) is 27.1. The lowest BCUT2D eigenvalue weighted by Crippen LogP contribution is -1.99. The Bertz CT molecular complexity index is 1020. The minimum absolute atomic E-state index is 0.253. The molecule has 8 heteroatoms. The second kappa shape index (κ2) is 6.70. The Kier molecular flexibility index (Phi) is 4.25. The molecular weight excluding hydrogens is 358 g/mol. The summed E-state index contributed by atoms with van der Waals surface area (Å²) >= 11 is 7.43. The van der Waals surface area contributed by atoms with Gasteiger partial charge in [0.25, 0.3) is 0 Å². The van der Waals surface area contributed by atoms with E-state index in [-0.39, 0.29) is 5.76 Å². The van der Waals surface area contributed by atoms with Crippen LogP contribution in [-0.2, 0) is 6.42 Å². The first-order chi connectivity index (χ1) is 12.2. The van der Waals surface area contributed by atoms with E-state index in [2.05, 4.69) is 20.6 Å². The lowest BCUT2D eigenvalue weighted by molar-refractivity contribution is 0.432. The van der Waals surface area contributed by atoms with Gasteiger partial charge in [0, 0.05) is 17.1 Å². The summed E-state index contributed by atoms with van der Waals surface area (Å²) in [5.41, 5.74) is 2.00. The molecule has 0 fully saturated rings. The molecule has 6 nitrogen and oxygen atoms in total. The van der Waals surface area contributed by atoms with Crippen molar-refractivity contribution in [1.82, 2.24) is 19.8 Å². The van der Waals surface area contributed by atoms with Crippen LogP contribution in [0.1, 0.15) is 12.2 Å². The van der Waals surface area contributed by atoms with E-state index in [1.54, 1.807) is 16.7 Å². The van der Waals surface area contributed by atoms with Crippen LogP contribution in [0.25, 0.3) is 4.96 Å². The number of halogens is 1. The Morgan fingerprint density at radius 3 is 3.08 bits per heavy atom. The minimum atomic E-state index is 0.253. The van der Waals surface area contributed by atoms with E-state index in [9.17, 15) is 5.11 Å². The average Bonchev–Trinajstić information content (AvgIpc) is 3.06. The zero-order valence-corrected chi connectivity index (χ0v) is 14.6. The maximum atomic E-state index is 9.54. The first-order valence-corrected chi connectivity index (χ1v) is 8.86. The van der Waals surface area contributed by atoms with E-state index in [0.29, 0.717) is 11.4 Å². The number of rotatable bonds is 4. The summed E-state index contributed by atoms with van der Waals surface area (Å²) in [6.45, 7) is 0. The van der Waals surface area contributed by atoms with E-state index in [1.165, 1.54) is 11.3 Å². The van der Waals surface area contributed by atoms with Crippen LogP contribution < -0.4 is 5.32 Å². The molecule has 2 aromatic heterocycles. The summed E-state index contributed by atoms with van der Waals surface area (Å²) in [4.78, 5) is 0.725. The van der Waals surface area contributed by atoms with Crippen molar-refractivity contribution in [1.29, 1.82) is 0 Å². The number of aromatic nitrogens is 4. The Labute approximate surface area is 152 Å². The zero-order chi connectivity index (χ0) is 17.2. The molecule has 3 aromatic rings. The van der Waals surface area contributed by atoms with E-state index in [4.69, 9.17) is 11.6 Å². The molecule has 0 saturated heterocycles. The Hall–Kier alpha value is -2.64. The van der Waals surface area contributed by atoms with Crippen molar-refractivity contribution in [2.24, 2.45) is 0 Å². The van der Waals surface area contributed by atoms with Gasteiger partial charge in [-0.3, -0.25) is 0 Å². The fraction of sp³-hybridized carbons (Fsp3) is 0.118. The highest BCUT2D eigenvalue weighted by Crippen LogP contribution is 2.25. The number of allylic oxidation sites excluding steroid dienone is 5. The molecule has 0 radical (unpaired) electrons. The van der Waals surface area contributed by atoms with Crippen molar-refractivity contribution in [3.05, 3.63) is 70.7 Å². The van der Waals surface area contributed by atoms with Crippen LogP contribution in [0.5, 0.6) is 0 Å². The first kappa shape index (κ1) is 15.9. The molecule has 126 valence electrons. The molecule has 25 heavy (non-hydrogen) atoms. The van der Waals surface area contributed by atoms with Crippen molar-refractivity contribution in [2.45, 2.75) is 12.8 Å². The number of hydrogen-bond acceptors (Lipinski definition) is 6. The van der Waals surface area contributed by atoms with Gasteiger partial charge in [0.1, 0.15) is 5.76 Å². The average molecular weight is 372 g/mol. The van der Waals surface area contributed by atoms with Gasteiger partial charge in [-0.25, -0.2) is 0 Å². The highest BCUT2D eigenvalue weighted by atomic mass is 35.5. The normalized spacial score (nSPS) is 14.3. The van der Waals surface area contributed by atoms with E-state index in [0.717, 1.165) is 33.6 Å². The van der Waals surface area contributed by atoms with Crippen molar-refractivity contribution < 1.29 is 5.11 Å². The van der Waals surface area contributed by atoms with Crippen LogP contribution in [-0.4, -0.2) is 24.9 Å². The molecule has 0 bridgehead atoms. The molecular formula is C17H14ClN5OS. The first-order valence-electron chi connectivity index (χ1n) is 7.66. The highest BCUT2D eigenvalue weighted by molar-refractivity contribution is 7.20. The van der Waals surface area contributed by atoms with Crippen LogP contribution >= 0.6 is 22.9 Å². The van der Waals surface area contributed by atoms with Gasteiger partial charge in [0.05, 0.1) is 0 Å². The molecule has 0 aliphatic heterocycles. The largest absolute Gasteiger partial charge is 0.508 e. The van der Waals surface area contributed by atoms with Crippen LogP contribution in [0.2, 0.25) is 5.02 Å². The zero-order valence-electron chi connectivity index (χ0n) is 13.1. The number of aliphatic hydroxyl groups is 1. The molecule has 2 heterocycles. The predicted octanol–water partition coefficient (Wildman–Crippen LogP) is 4.45. The molecule has 0 atom stereocenters. The van der Waals surface area contributed by atoms with Gasteiger partial charge in [-0.05, 0) is 36.8 Å². The Morgan fingerprint density at radius 2 is 2.20 bits per heavy atom. The minimum Gasteiger partial charge on any atom is -0.508 e. The lowest BCUT2D eigenvalue weighted by Gasteiger charge is -2.02. The number of nitrogens with zero attached hydrogens (tertiary/aromatic N) is 4. The molecule has 0 spiro atoms. The second-order valence-electron chi connectivity index (χ2n) is 5.55. The van der Waals surface area contributed by atoms with Crippen LogP contribution in [0.15, 0.2) is 59.9 Å². The molecule has 0 saturated carbocycles. The van der Waals surface area contributed by atoms with Gasteiger partial charge in [0.15, 0.2) is 5.82 Å². The molecule has 1 aliphatic rings. The Morgan fingerprint density at radius 1 is 1.28 bits per heavy atom. The lowest BCUT2D eigenvalue weighted by atomic mass is 10.1. The molecule has 0 unspecified atom stereocenters. The van der Waals surface area contributed by atoms with Crippen molar-refractivity contribution in [3.63, 3.8) is 0 Å². The van der Waals surface area contributed by atoms with Crippen molar-refractivity contribution >= 4 is 38.7 Å². The van der Waals surface area contributed by atoms with Gasteiger partial charge in [0.2, 0.25) is 10.1 Å². The SMILES string of the molecule is OC1=CC=C(Cc2nnc3sc(Nc4cccc(Cl)c4)nn23)CC=C1. The number of hydrogen-bond donors (Lipinski definition) is 2. The van der Waals surface area contributed by atoms with Crippen LogP contribution in [0, 0.1) is 0 Å². The van der Waals surface area contributed by atoms with E-state index in [1.807, 2.05) is 36.4 Å². The topological polar surface area (TPSA) is 75.3 Å². The number of benzene rings is 1. The van der Waals surface area contributed by atoms with Crippen LogP contribution in [0.4, 0.5) is 10.8 Å². The maximum absolute atomic E-state index is 9.54. The fourth-order valence-corrected chi connectivity index (χ4v) is 3.47. The third-order valence-electron chi connectivity index (χ3n) is 3.67. The molecule has 0 amide bonds. The highest BCUT2D eigenvalue weighted by Gasteiger charge is 2.13. The quantitative estimate of drug-likeness (QED) is 0.708. The van der Waals surface area contributed by atoms with Gasteiger partial charge in [-0.15, -0.1) is 15.3 Å². The smallest absolute Gasteiger partial charge is 0.236 e. The molecule has 1 aromatic carbocycles. The molecule has 1 aliphatic carbocycles. The van der Waals surface area contributed by atoms with Gasteiger partial charge < -0.3 is 10.4 Å². The summed E-state index contributed by atoms with van der Waals surface area (Å²) in [7, 11) is 0. The fourth-order valence-electron chi connectivity index (χ4n) is 2.50. The maximum Gasteiger partial charge on any atom is 0.236 e. The third-order valence-corrected chi connectivity index (χ3v) is 4.72. The standard InChI is InChI=1S/C17H14ClN5OS/c18-12-4-2-5-13(10-12)19-16-22-23-15(20-21-17(23)25-16)9-11-3-1-6-14(24)8-7-11/h1-2,4-8,10,24H,3,9H2,(H,19,22). The molecule has 4 rings (SSSR count). The van der Waals surface area contributed by atoms with E-state index < -0.39 is 0 Å². The summed E-state index contributed by atoms with van der Waals surface area (Å²) < 4.78 is 1.75. The predicted molar refractivity (Wildman–Crippen MR) is 99.6 cm³/mol. The Balaban J connectivity index is 1.57. The van der Waals surface area contributed by atoms with Crippen molar-refractivity contribution in [3.8, 4) is 0 Å². The number of nitrogens with one attached hydrogen (secondary N) is 1. The van der Waals surface area contributed by atoms with Gasteiger partial charge >= 0.3 is 0 Å². The third kappa shape index (κ3) is 3.57. The summed E-state index contributed by atoms with van der Waals surface area (Å²) in [6, 6.07) is 7.47. The number of aliphatic hydroxyl groups excluding tert-OH is 1. The number of fused-ring (bicyclic) bond motifs is 1. The van der Waals surface area contributed by atoms with Gasteiger partial charge in [-0.2, -0.15) is 4.52 Å². The molecule has 2 N–H and O–H groups in total. The summed E-state index contributed by atoms with van der Waals surface area (Å²) in [5.74, 6) is 1.02. The van der Waals surface area contributed by atoms with Crippen LogP contribution in [0.3, 0.4) is 0 Å². The monoisotopic (exact) mass is 371 g/mol. The van der Waals surface area contributed by atoms with Crippen molar-refractivity contribution in [2.75, 3.05) is 5.32 Å². The van der Waals surface area contributed by atoms with Gasteiger partial charge in [-0.1, -0.05) is 46.7 Å². The number of anilines is 2. The summed E-state index contributed by atoms with van der Waals surface area (Å²) in [6.07, 6.45) is 8.59. The second-order valence-corrected chi connectivity index (χ2v) is 6.95. The van der Waals surface area contributed by atoms with E-state index >= 15 is 0 Å².